The van der Waals surface area contributed by atoms with Crippen molar-refractivity contribution < 1.29 is 8.42 Å². The highest BCUT2D eigenvalue weighted by Crippen LogP contribution is 2.37. The Balaban J connectivity index is 1.94. The zero-order valence-corrected chi connectivity index (χ0v) is 11.7. The molecule has 4 nitrogen and oxygen atoms in total. The molecule has 2 aliphatic rings. The number of sulfonamides is 1. The van der Waals surface area contributed by atoms with Crippen LogP contribution in [0.5, 0.6) is 0 Å². The Hall–Kier alpha value is -0.130. The van der Waals surface area contributed by atoms with Crippen LogP contribution in [0.2, 0.25) is 0 Å². The maximum Gasteiger partial charge on any atom is 0.211 e. The maximum atomic E-state index is 11.6. The van der Waals surface area contributed by atoms with Gasteiger partial charge in [0, 0.05) is 26.2 Å². The standard InChI is InChI=1S/C12H24N2O2S/c1-3-12(9-13-10-12)7-11-5-4-6-14(8-11)17(2,15)16/h11,13H,3-10H2,1-2H3. The van der Waals surface area contributed by atoms with Crippen LogP contribution in [0.25, 0.3) is 0 Å². The highest BCUT2D eigenvalue weighted by molar-refractivity contribution is 7.88. The predicted molar refractivity (Wildman–Crippen MR) is 69.4 cm³/mol. The van der Waals surface area contributed by atoms with Crippen LogP contribution in [0.3, 0.4) is 0 Å². The zero-order valence-electron chi connectivity index (χ0n) is 10.9. The molecule has 1 atom stereocenters. The maximum absolute atomic E-state index is 11.6. The Labute approximate surface area is 105 Å². The third-order valence-electron chi connectivity index (χ3n) is 4.42. The van der Waals surface area contributed by atoms with Gasteiger partial charge in [-0.1, -0.05) is 6.92 Å². The highest BCUT2D eigenvalue weighted by Gasteiger charge is 2.38. The molecule has 1 N–H and O–H groups in total. The summed E-state index contributed by atoms with van der Waals surface area (Å²) in [5.74, 6) is 0.556. The van der Waals surface area contributed by atoms with E-state index in [0.29, 0.717) is 17.9 Å². The number of hydrogen-bond donors (Lipinski definition) is 1. The molecule has 2 heterocycles. The van der Waals surface area contributed by atoms with Crippen molar-refractivity contribution in [2.75, 3.05) is 32.4 Å². The Morgan fingerprint density at radius 2 is 2.12 bits per heavy atom. The number of rotatable bonds is 4. The molecule has 5 heteroatoms. The fraction of sp³-hybridized carbons (Fsp3) is 1.00. The van der Waals surface area contributed by atoms with Gasteiger partial charge < -0.3 is 5.32 Å². The van der Waals surface area contributed by atoms with Gasteiger partial charge in [0.05, 0.1) is 6.26 Å². The summed E-state index contributed by atoms with van der Waals surface area (Å²) < 4.78 is 24.8. The summed E-state index contributed by atoms with van der Waals surface area (Å²) in [5, 5.41) is 3.35. The summed E-state index contributed by atoms with van der Waals surface area (Å²) in [6.07, 6.45) is 5.92. The van der Waals surface area contributed by atoms with E-state index in [4.69, 9.17) is 0 Å². The van der Waals surface area contributed by atoms with Crippen molar-refractivity contribution in [2.45, 2.75) is 32.6 Å². The summed E-state index contributed by atoms with van der Waals surface area (Å²) in [7, 11) is -2.99. The van der Waals surface area contributed by atoms with Crippen molar-refractivity contribution in [3.63, 3.8) is 0 Å². The van der Waals surface area contributed by atoms with E-state index in [0.717, 1.165) is 26.1 Å². The Bertz CT molecular complexity index is 357. The second-order valence-electron chi connectivity index (χ2n) is 5.79. The van der Waals surface area contributed by atoms with Gasteiger partial charge in [-0.15, -0.1) is 0 Å². The van der Waals surface area contributed by atoms with E-state index < -0.39 is 10.0 Å². The van der Waals surface area contributed by atoms with Gasteiger partial charge in [-0.3, -0.25) is 0 Å². The average Bonchev–Trinajstić information content (AvgIpc) is 2.23. The molecule has 0 radical (unpaired) electrons. The molecule has 0 saturated carbocycles. The second kappa shape index (κ2) is 4.86. The highest BCUT2D eigenvalue weighted by atomic mass is 32.2. The minimum absolute atomic E-state index is 0.450. The van der Waals surface area contributed by atoms with E-state index in [2.05, 4.69) is 12.2 Å². The van der Waals surface area contributed by atoms with Gasteiger partial charge in [-0.25, -0.2) is 12.7 Å². The largest absolute Gasteiger partial charge is 0.316 e. The van der Waals surface area contributed by atoms with E-state index in [-0.39, 0.29) is 0 Å². The zero-order chi connectivity index (χ0) is 12.5. The van der Waals surface area contributed by atoms with Crippen LogP contribution in [0.1, 0.15) is 32.6 Å². The quantitative estimate of drug-likeness (QED) is 0.822. The summed E-state index contributed by atoms with van der Waals surface area (Å²) >= 11 is 0. The van der Waals surface area contributed by atoms with Crippen LogP contribution in [0.15, 0.2) is 0 Å². The normalized spacial score (nSPS) is 29.9. The molecule has 0 aromatic heterocycles. The number of piperidine rings is 1. The minimum atomic E-state index is -2.99. The third-order valence-corrected chi connectivity index (χ3v) is 5.69. The molecule has 0 aromatic carbocycles. The van der Waals surface area contributed by atoms with Crippen LogP contribution in [0, 0.1) is 11.3 Å². The average molecular weight is 260 g/mol. The topological polar surface area (TPSA) is 49.4 Å². The molecule has 2 fully saturated rings. The van der Waals surface area contributed by atoms with Crippen LogP contribution >= 0.6 is 0 Å². The van der Waals surface area contributed by atoms with E-state index in [9.17, 15) is 8.42 Å². The first-order valence-corrected chi connectivity index (χ1v) is 8.46. The molecule has 0 bridgehead atoms. The summed E-state index contributed by atoms with van der Waals surface area (Å²) in [6, 6.07) is 0. The van der Waals surface area contributed by atoms with Crippen molar-refractivity contribution in [1.82, 2.24) is 9.62 Å². The number of nitrogens with one attached hydrogen (secondary N) is 1. The van der Waals surface area contributed by atoms with Crippen LogP contribution in [-0.2, 0) is 10.0 Å². The van der Waals surface area contributed by atoms with E-state index in [1.807, 2.05) is 0 Å². The van der Waals surface area contributed by atoms with Crippen LogP contribution in [0.4, 0.5) is 0 Å². The van der Waals surface area contributed by atoms with Gasteiger partial charge in [0.15, 0.2) is 0 Å². The fourth-order valence-corrected chi connectivity index (χ4v) is 4.07. The van der Waals surface area contributed by atoms with Gasteiger partial charge >= 0.3 is 0 Å². The lowest BCUT2D eigenvalue weighted by atomic mass is 9.71. The van der Waals surface area contributed by atoms with E-state index in [1.54, 1.807) is 4.31 Å². The predicted octanol–water partition coefficient (Wildman–Crippen LogP) is 1.05. The summed E-state index contributed by atoms with van der Waals surface area (Å²) in [5.41, 5.74) is 0.450. The van der Waals surface area contributed by atoms with Gasteiger partial charge in [0.2, 0.25) is 10.0 Å². The van der Waals surface area contributed by atoms with Gasteiger partial charge in [0.1, 0.15) is 0 Å². The van der Waals surface area contributed by atoms with E-state index >= 15 is 0 Å². The van der Waals surface area contributed by atoms with Crippen molar-refractivity contribution in [3.8, 4) is 0 Å². The van der Waals surface area contributed by atoms with Gasteiger partial charge in [-0.2, -0.15) is 0 Å². The SMILES string of the molecule is CCC1(CC2CCCN(S(C)(=O)=O)C2)CNC1. The first kappa shape index (κ1) is 13.3. The lowest BCUT2D eigenvalue weighted by molar-refractivity contribution is 0.0963. The molecule has 0 spiro atoms. The second-order valence-corrected chi connectivity index (χ2v) is 7.77. The van der Waals surface area contributed by atoms with Crippen molar-refractivity contribution in [2.24, 2.45) is 11.3 Å². The van der Waals surface area contributed by atoms with Crippen LogP contribution < -0.4 is 5.32 Å². The van der Waals surface area contributed by atoms with Crippen LogP contribution in [-0.4, -0.2) is 45.2 Å². The molecule has 2 rings (SSSR count). The van der Waals surface area contributed by atoms with E-state index in [1.165, 1.54) is 25.5 Å². The molecule has 1 unspecified atom stereocenters. The molecule has 2 aliphatic heterocycles. The molecular formula is C12H24N2O2S. The fourth-order valence-electron chi connectivity index (χ4n) is 3.12. The molecule has 0 aliphatic carbocycles. The molecule has 100 valence electrons. The summed E-state index contributed by atoms with van der Waals surface area (Å²) in [6.45, 7) is 5.92. The molecule has 2 saturated heterocycles. The molecule has 0 aromatic rings. The lowest BCUT2D eigenvalue weighted by Gasteiger charge is -2.46. The minimum Gasteiger partial charge on any atom is -0.316 e. The molecule has 0 amide bonds. The van der Waals surface area contributed by atoms with Gasteiger partial charge in [-0.05, 0) is 37.0 Å². The van der Waals surface area contributed by atoms with Crippen molar-refractivity contribution in [3.05, 3.63) is 0 Å². The Morgan fingerprint density at radius 1 is 1.41 bits per heavy atom. The first-order chi connectivity index (χ1) is 7.95. The molecular weight excluding hydrogens is 236 g/mol. The van der Waals surface area contributed by atoms with Crippen molar-refractivity contribution >= 4 is 10.0 Å². The lowest BCUT2D eigenvalue weighted by Crippen LogP contribution is -2.55. The smallest absolute Gasteiger partial charge is 0.211 e. The Kier molecular flexibility index (Phi) is 3.80. The van der Waals surface area contributed by atoms with Crippen molar-refractivity contribution in [1.29, 1.82) is 0 Å². The third kappa shape index (κ3) is 3.01. The number of nitrogens with zero attached hydrogens (tertiary/aromatic N) is 1. The monoisotopic (exact) mass is 260 g/mol. The summed E-state index contributed by atoms with van der Waals surface area (Å²) in [4.78, 5) is 0. The first-order valence-electron chi connectivity index (χ1n) is 6.61. The van der Waals surface area contributed by atoms with Gasteiger partial charge in [0.25, 0.3) is 0 Å². The molecule has 17 heavy (non-hydrogen) atoms. The Morgan fingerprint density at radius 3 is 2.59 bits per heavy atom. The number of hydrogen-bond acceptors (Lipinski definition) is 3.